The van der Waals surface area contributed by atoms with E-state index in [9.17, 15) is 8.42 Å². The summed E-state index contributed by atoms with van der Waals surface area (Å²) in [5.41, 5.74) is 0.967. The lowest BCUT2D eigenvalue weighted by Crippen LogP contribution is -2.41. The number of aryl methyl sites for hydroxylation is 1. The predicted molar refractivity (Wildman–Crippen MR) is 128 cm³/mol. The minimum absolute atomic E-state index is 0.227. The molecule has 32 heavy (non-hydrogen) atoms. The van der Waals surface area contributed by atoms with Crippen LogP contribution in [0.4, 0.5) is 0 Å². The molecule has 0 aliphatic carbocycles. The molecule has 7 heteroatoms. The van der Waals surface area contributed by atoms with Gasteiger partial charge in [0, 0.05) is 6.54 Å². The summed E-state index contributed by atoms with van der Waals surface area (Å²) in [6.45, 7) is 12.7. The number of benzene rings is 2. The van der Waals surface area contributed by atoms with Crippen molar-refractivity contribution in [2.75, 3.05) is 6.54 Å². The summed E-state index contributed by atoms with van der Waals surface area (Å²) >= 11 is 0. The lowest BCUT2D eigenvalue weighted by molar-refractivity contribution is 0.00578. The second-order valence-corrected chi connectivity index (χ2v) is 12.6. The summed E-state index contributed by atoms with van der Waals surface area (Å²) in [4.78, 5) is 0.337. The number of hydrogen-bond donors (Lipinski definition) is 0. The second-order valence-electron chi connectivity index (χ2n) is 10.7. The van der Waals surface area contributed by atoms with E-state index in [1.54, 1.807) is 16.4 Å². The Morgan fingerprint density at radius 1 is 0.938 bits per heavy atom. The molecular formula is C25H34BNO4S. The normalized spacial score (nSPS) is 27.7. The van der Waals surface area contributed by atoms with Gasteiger partial charge in [-0.3, -0.25) is 0 Å². The molecule has 0 aromatic heterocycles. The zero-order chi connectivity index (χ0) is 23.4. The molecule has 2 saturated heterocycles. The van der Waals surface area contributed by atoms with Crippen LogP contribution in [-0.2, 0) is 19.3 Å². The van der Waals surface area contributed by atoms with Gasteiger partial charge in [-0.2, -0.15) is 4.31 Å². The standard InChI is InChI=1S/C25H34BNO4S/c1-19-12-14-21(15-13-19)32(28,29)27-18-25(6,16-22(27)20-10-8-7-9-11-20)17-26-30-23(2,3)24(4,5)31-26/h7-15,22H,16-18H2,1-6H3. The van der Waals surface area contributed by atoms with Crippen LogP contribution in [-0.4, -0.2) is 37.6 Å². The molecule has 2 unspecified atom stereocenters. The van der Waals surface area contributed by atoms with E-state index in [1.807, 2.05) is 77.1 Å². The summed E-state index contributed by atoms with van der Waals surface area (Å²) in [6.07, 6.45) is 1.36. The van der Waals surface area contributed by atoms with Crippen molar-refractivity contribution in [3.63, 3.8) is 0 Å². The minimum Gasteiger partial charge on any atom is -0.403 e. The van der Waals surface area contributed by atoms with Crippen molar-refractivity contribution in [2.45, 2.75) is 76.4 Å². The van der Waals surface area contributed by atoms with E-state index in [1.165, 1.54) is 0 Å². The molecule has 5 nitrogen and oxygen atoms in total. The molecule has 0 N–H and O–H groups in total. The first-order valence-corrected chi connectivity index (χ1v) is 12.8. The molecule has 2 aromatic carbocycles. The molecule has 0 bridgehead atoms. The molecule has 2 fully saturated rings. The van der Waals surface area contributed by atoms with Crippen LogP contribution >= 0.6 is 0 Å². The van der Waals surface area contributed by atoms with Gasteiger partial charge in [0.25, 0.3) is 0 Å². The lowest BCUT2D eigenvalue weighted by atomic mass is 9.67. The molecule has 2 atom stereocenters. The fourth-order valence-electron chi connectivity index (χ4n) is 4.78. The highest BCUT2D eigenvalue weighted by Crippen LogP contribution is 2.50. The monoisotopic (exact) mass is 455 g/mol. The molecule has 2 aliphatic heterocycles. The van der Waals surface area contributed by atoms with E-state index < -0.39 is 21.2 Å². The molecule has 2 aromatic rings. The minimum atomic E-state index is -3.65. The molecule has 4 rings (SSSR count). The van der Waals surface area contributed by atoms with E-state index in [0.717, 1.165) is 11.1 Å². The SMILES string of the molecule is Cc1ccc(S(=O)(=O)N2CC(C)(CB3OC(C)(C)C(C)(C)O3)CC2c2ccccc2)cc1. The van der Waals surface area contributed by atoms with E-state index in [4.69, 9.17) is 9.31 Å². The van der Waals surface area contributed by atoms with Crippen LogP contribution in [0.15, 0.2) is 59.5 Å². The molecule has 2 heterocycles. The third-order valence-electron chi connectivity index (χ3n) is 7.34. The van der Waals surface area contributed by atoms with Crippen LogP contribution in [0.2, 0.25) is 6.32 Å². The summed E-state index contributed by atoms with van der Waals surface area (Å²) in [6, 6.07) is 16.8. The highest BCUT2D eigenvalue weighted by molar-refractivity contribution is 7.89. The maximum atomic E-state index is 13.7. The van der Waals surface area contributed by atoms with Crippen molar-refractivity contribution < 1.29 is 17.7 Å². The van der Waals surface area contributed by atoms with Crippen LogP contribution in [0.1, 0.15) is 58.2 Å². The fourth-order valence-corrected chi connectivity index (χ4v) is 6.54. The van der Waals surface area contributed by atoms with E-state index in [0.29, 0.717) is 24.2 Å². The largest absolute Gasteiger partial charge is 0.458 e. The van der Waals surface area contributed by atoms with Gasteiger partial charge in [0.2, 0.25) is 10.0 Å². The Labute approximate surface area is 193 Å². The molecule has 172 valence electrons. The maximum absolute atomic E-state index is 13.7. The van der Waals surface area contributed by atoms with Crippen molar-refractivity contribution in [3.8, 4) is 0 Å². The average molecular weight is 455 g/mol. The van der Waals surface area contributed by atoms with Gasteiger partial charge < -0.3 is 9.31 Å². The molecule has 0 spiro atoms. The molecule has 0 amide bonds. The smallest absolute Gasteiger partial charge is 0.403 e. The average Bonchev–Trinajstić information content (AvgIpc) is 3.15. The Kier molecular flexibility index (Phi) is 5.86. The predicted octanol–water partition coefficient (Wildman–Crippen LogP) is 5.23. The van der Waals surface area contributed by atoms with Crippen LogP contribution in [0.25, 0.3) is 0 Å². The van der Waals surface area contributed by atoms with Crippen LogP contribution in [0, 0.1) is 12.3 Å². The van der Waals surface area contributed by atoms with Crippen LogP contribution in [0.5, 0.6) is 0 Å². The van der Waals surface area contributed by atoms with Crippen molar-refractivity contribution >= 4 is 17.1 Å². The summed E-state index contributed by atoms with van der Waals surface area (Å²) in [7, 11) is -4.01. The Bertz CT molecular complexity index is 1050. The second kappa shape index (κ2) is 7.98. The lowest BCUT2D eigenvalue weighted by Gasteiger charge is -2.32. The first kappa shape index (κ1) is 23.5. The van der Waals surface area contributed by atoms with Gasteiger partial charge in [0.1, 0.15) is 0 Å². The van der Waals surface area contributed by atoms with Crippen molar-refractivity contribution in [2.24, 2.45) is 5.41 Å². The van der Waals surface area contributed by atoms with Crippen molar-refractivity contribution in [1.82, 2.24) is 4.31 Å². The van der Waals surface area contributed by atoms with Gasteiger partial charge in [-0.1, -0.05) is 55.0 Å². The van der Waals surface area contributed by atoms with Crippen molar-refractivity contribution in [3.05, 3.63) is 65.7 Å². The van der Waals surface area contributed by atoms with Gasteiger partial charge in [-0.15, -0.1) is 0 Å². The number of nitrogens with zero attached hydrogens (tertiary/aromatic N) is 1. The van der Waals surface area contributed by atoms with E-state index in [2.05, 4.69) is 6.92 Å². The molecule has 2 aliphatic rings. The Hall–Kier alpha value is -1.67. The van der Waals surface area contributed by atoms with Gasteiger partial charge in [0.05, 0.1) is 22.1 Å². The van der Waals surface area contributed by atoms with Crippen LogP contribution in [0.3, 0.4) is 0 Å². The van der Waals surface area contributed by atoms with E-state index >= 15 is 0 Å². The Morgan fingerprint density at radius 3 is 2.06 bits per heavy atom. The molecular weight excluding hydrogens is 421 g/mol. The molecule has 0 saturated carbocycles. The molecule has 0 radical (unpaired) electrons. The van der Waals surface area contributed by atoms with Gasteiger partial charge >= 0.3 is 7.12 Å². The van der Waals surface area contributed by atoms with Crippen molar-refractivity contribution in [1.29, 1.82) is 0 Å². The highest BCUT2D eigenvalue weighted by atomic mass is 32.2. The third-order valence-corrected chi connectivity index (χ3v) is 9.21. The highest BCUT2D eigenvalue weighted by Gasteiger charge is 2.55. The first-order valence-electron chi connectivity index (χ1n) is 11.3. The third kappa shape index (κ3) is 4.28. The van der Waals surface area contributed by atoms with Gasteiger partial charge in [-0.05, 0) is 70.5 Å². The first-order chi connectivity index (χ1) is 14.8. The van der Waals surface area contributed by atoms with E-state index in [-0.39, 0.29) is 18.6 Å². The van der Waals surface area contributed by atoms with Gasteiger partial charge in [0.15, 0.2) is 0 Å². The summed E-state index contributed by atoms with van der Waals surface area (Å²) in [5.74, 6) is 0. The van der Waals surface area contributed by atoms with Crippen LogP contribution < -0.4 is 0 Å². The zero-order valence-electron chi connectivity index (χ0n) is 20.0. The summed E-state index contributed by atoms with van der Waals surface area (Å²) in [5, 5.41) is 0. The zero-order valence-corrected chi connectivity index (χ0v) is 20.8. The summed E-state index contributed by atoms with van der Waals surface area (Å²) < 4.78 is 41.6. The Morgan fingerprint density at radius 2 is 1.50 bits per heavy atom. The number of hydrogen-bond acceptors (Lipinski definition) is 4. The van der Waals surface area contributed by atoms with Gasteiger partial charge in [-0.25, -0.2) is 8.42 Å². The number of rotatable bonds is 5. The Balaban J connectivity index is 1.66. The topological polar surface area (TPSA) is 55.8 Å². The quantitative estimate of drug-likeness (QED) is 0.580. The fraction of sp³-hybridized carbons (Fsp3) is 0.520. The number of sulfonamides is 1. The maximum Gasteiger partial charge on any atom is 0.458 e.